The summed E-state index contributed by atoms with van der Waals surface area (Å²) in [5.41, 5.74) is 1.82. The molecule has 1 atom stereocenters. The fourth-order valence-corrected chi connectivity index (χ4v) is 4.32. The standard InChI is InChI=1S/C23H33N5O4S/c1-6-24-22(29)26-18-9-7-17(8-10-18)21-25-19(15-33(30,31)23(3,4)5)13-20(27-21)28-11-12-32-14-16(28)2/h7-10,13,16H,6,11-12,14-15H2,1-5H3,(H2,24,26,29)/t16-/m0/s1. The number of nitrogens with one attached hydrogen (secondary N) is 2. The molecule has 2 amide bonds. The van der Waals surface area contributed by atoms with E-state index in [9.17, 15) is 13.2 Å². The van der Waals surface area contributed by atoms with Crippen LogP contribution in [0.15, 0.2) is 30.3 Å². The molecule has 1 aromatic heterocycles. The minimum Gasteiger partial charge on any atom is -0.377 e. The number of hydrogen-bond acceptors (Lipinski definition) is 7. The van der Waals surface area contributed by atoms with Crippen molar-refractivity contribution in [2.45, 2.75) is 51.2 Å². The van der Waals surface area contributed by atoms with E-state index in [-0.39, 0.29) is 17.8 Å². The monoisotopic (exact) mass is 475 g/mol. The van der Waals surface area contributed by atoms with Gasteiger partial charge in [-0.25, -0.2) is 23.2 Å². The van der Waals surface area contributed by atoms with Crippen molar-refractivity contribution >= 4 is 27.4 Å². The number of aromatic nitrogens is 2. The predicted molar refractivity (Wildman–Crippen MR) is 130 cm³/mol. The zero-order valence-electron chi connectivity index (χ0n) is 19.9. The molecule has 0 aliphatic carbocycles. The van der Waals surface area contributed by atoms with Gasteiger partial charge in [0.15, 0.2) is 15.7 Å². The van der Waals surface area contributed by atoms with Gasteiger partial charge >= 0.3 is 6.03 Å². The number of benzene rings is 1. The first-order chi connectivity index (χ1) is 15.5. The molecule has 2 N–H and O–H groups in total. The number of nitrogens with zero attached hydrogens (tertiary/aromatic N) is 3. The predicted octanol–water partition coefficient (Wildman–Crippen LogP) is 3.22. The van der Waals surface area contributed by atoms with E-state index in [1.54, 1.807) is 39.0 Å². The Morgan fingerprint density at radius 2 is 1.91 bits per heavy atom. The summed E-state index contributed by atoms with van der Waals surface area (Å²) in [4.78, 5) is 23.2. The Labute approximate surface area is 195 Å². The van der Waals surface area contributed by atoms with E-state index in [0.717, 1.165) is 5.56 Å². The molecule has 0 spiro atoms. The summed E-state index contributed by atoms with van der Waals surface area (Å²) in [6.07, 6.45) is 0. The van der Waals surface area contributed by atoms with Crippen LogP contribution in [0.2, 0.25) is 0 Å². The van der Waals surface area contributed by atoms with Crippen molar-refractivity contribution in [2.75, 3.05) is 36.5 Å². The fraction of sp³-hybridized carbons (Fsp3) is 0.522. The number of anilines is 2. The van der Waals surface area contributed by atoms with E-state index in [1.807, 2.05) is 26.0 Å². The second-order valence-electron chi connectivity index (χ2n) is 9.09. The number of carbonyl (C=O) groups excluding carboxylic acids is 1. The topological polar surface area (TPSA) is 114 Å². The third kappa shape index (κ3) is 6.20. The van der Waals surface area contributed by atoms with Crippen molar-refractivity contribution in [3.63, 3.8) is 0 Å². The molecule has 1 saturated heterocycles. The first-order valence-corrected chi connectivity index (χ1v) is 12.8. The van der Waals surface area contributed by atoms with E-state index in [4.69, 9.17) is 9.72 Å². The Balaban J connectivity index is 1.98. The average Bonchev–Trinajstić information content (AvgIpc) is 2.73. The Morgan fingerprint density at radius 3 is 2.52 bits per heavy atom. The first-order valence-electron chi connectivity index (χ1n) is 11.1. The normalized spacial score (nSPS) is 17.0. The van der Waals surface area contributed by atoms with Crippen LogP contribution in [0.4, 0.5) is 16.3 Å². The summed E-state index contributed by atoms with van der Waals surface area (Å²) < 4.78 is 30.4. The SMILES string of the molecule is CCNC(=O)Nc1ccc(-c2nc(CS(=O)(=O)C(C)(C)C)cc(N3CCOC[C@@H]3C)n2)cc1. The molecular formula is C23H33N5O4S. The van der Waals surface area contributed by atoms with Crippen LogP contribution in [-0.2, 0) is 20.3 Å². The van der Waals surface area contributed by atoms with Crippen LogP contribution in [0.25, 0.3) is 11.4 Å². The molecule has 1 fully saturated rings. The molecule has 9 nitrogen and oxygen atoms in total. The smallest absolute Gasteiger partial charge is 0.319 e. The van der Waals surface area contributed by atoms with Gasteiger partial charge in [-0.1, -0.05) is 0 Å². The molecule has 0 bridgehead atoms. The number of ether oxygens (including phenoxy) is 1. The lowest BCUT2D eigenvalue weighted by molar-refractivity contribution is 0.0985. The highest BCUT2D eigenvalue weighted by atomic mass is 32.2. The summed E-state index contributed by atoms with van der Waals surface area (Å²) in [6, 6.07) is 8.75. The van der Waals surface area contributed by atoms with Crippen molar-refractivity contribution in [2.24, 2.45) is 0 Å². The zero-order chi connectivity index (χ0) is 24.2. The van der Waals surface area contributed by atoms with E-state index in [0.29, 0.717) is 49.3 Å². The van der Waals surface area contributed by atoms with E-state index in [2.05, 4.69) is 20.5 Å². The number of amides is 2. The molecule has 1 aliphatic rings. The summed E-state index contributed by atoms with van der Waals surface area (Å²) in [6.45, 7) is 11.3. The molecule has 10 heteroatoms. The molecule has 0 saturated carbocycles. The molecule has 33 heavy (non-hydrogen) atoms. The summed E-state index contributed by atoms with van der Waals surface area (Å²) in [5, 5.41) is 5.44. The van der Waals surface area contributed by atoms with Crippen molar-refractivity contribution < 1.29 is 17.9 Å². The molecule has 180 valence electrons. The average molecular weight is 476 g/mol. The van der Waals surface area contributed by atoms with Gasteiger partial charge < -0.3 is 20.3 Å². The molecule has 3 rings (SSSR count). The highest BCUT2D eigenvalue weighted by Crippen LogP contribution is 2.27. The van der Waals surface area contributed by atoms with Gasteiger partial charge in [0.05, 0.1) is 35.4 Å². The second kappa shape index (κ2) is 10.0. The van der Waals surface area contributed by atoms with Crippen LogP contribution in [0, 0.1) is 0 Å². The Kier molecular flexibility index (Phi) is 7.58. The van der Waals surface area contributed by atoms with Gasteiger partial charge in [-0.2, -0.15) is 0 Å². The highest BCUT2D eigenvalue weighted by Gasteiger charge is 2.30. The highest BCUT2D eigenvalue weighted by molar-refractivity contribution is 7.91. The number of rotatable bonds is 6. The van der Waals surface area contributed by atoms with Gasteiger partial charge in [-0.3, -0.25) is 0 Å². The minimum atomic E-state index is -3.42. The van der Waals surface area contributed by atoms with E-state index < -0.39 is 14.6 Å². The van der Waals surface area contributed by atoms with Crippen LogP contribution in [0.3, 0.4) is 0 Å². The molecule has 0 radical (unpaired) electrons. The Morgan fingerprint density at radius 1 is 1.21 bits per heavy atom. The molecule has 1 aliphatic heterocycles. The van der Waals surface area contributed by atoms with Gasteiger partial charge in [0, 0.05) is 30.4 Å². The second-order valence-corrected chi connectivity index (χ2v) is 11.8. The van der Waals surface area contributed by atoms with Gasteiger partial charge in [0.2, 0.25) is 0 Å². The van der Waals surface area contributed by atoms with Gasteiger partial charge in [0.1, 0.15) is 5.82 Å². The maximum Gasteiger partial charge on any atom is 0.319 e. The minimum absolute atomic E-state index is 0.109. The third-order valence-electron chi connectivity index (χ3n) is 5.44. The lowest BCUT2D eigenvalue weighted by Crippen LogP contribution is -2.44. The molecular weight excluding hydrogens is 442 g/mol. The molecule has 2 heterocycles. The maximum atomic E-state index is 12.9. The van der Waals surface area contributed by atoms with Gasteiger partial charge in [-0.05, 0) is 58.9 Å². The third-order valence-corrected chi connectivity index (χ3v) is 7.98. The van der Waals surface area contributed by atoms with Crippen molar-refractivity contribution in [1.82, 2.24) is 15.3 Å². The maximum absolute atomic E-state index is 12.9. The van der Waals surface area contributed by atoms with Crippen LogP contribution in [0.1, 0.15) is 40.3 Å². The number of urea groups is 1. The van der Waals surface area contributed by atoms with Crippen molar-refractivity contribution in [3.05, 3.63) is 36.0 Å². The summed E-state index contributed by atoms with van der Waals surface area (Å²) in [7, 11) is -3.42. The van der Waals surface area contributed by atoms with Gasteiger partial charge in [0.25, 0.3) is 0 Å². The Hall–Kier alpha value is -2.72. The van der Waals surface area contributed by atoms with E-state index in [1.165, 1.54) is 0 Å². The first kappa shape index (κ1) is 24.9. The quantitative estimate of drug-likeness (QED) is 0.659. The molecule has 1 aromatic carbocycles. The van der Waals surface area contributed by atoms with Gasteiger partial charge in [-0.15, -0.1) is 0 Å². The number of morpholine rings is 1. The molecule has 2 aromatic rings. The van der Waals surface area contributed by atoms with Crippen LogP contribution in [0.5, 0.6) is 0 Å². The largest absolute Gasteiger partial charge is 0.377 e. The van der Waals surface area contributed by atoms with Crippen molar-refractivity contribution in [3.8, 4) is 11.4 Å². The van der Waals surface area contributed by atoms with Crippen LogP contribution < -0.4 is 15.5 Å². The Bertz CT molecular complexity index is 1080. The van der Waals surface area contributed by atoms with Crippen molar-refractivity contribution in [1.29, 1.82) is 0 Å². The zero-order valence-corrected chi connectivity index (χ0v) is 20.7. The number of carbonyl (C=O) groups is 1. The van der Waals surface area contributed by atoms with E-state index >= 15 is 0 Å². The number of hydrogen-bond donors (Lipinski definition) is 2. The van der Waals surface area contributed by atoms with Crippen LogP contribution in [-0.4, -0.2) is 61.5 Å². The summed E-state index contributed by atoms with van der Waals surface area (Å²) >= 11 is 0. The lowest BCUT2D eigenvalue weighted by atomic mass is 10.2. The van der Waals surface area contributed by atoms with Crippen LogP contribution >= 0.6 is 0 Å². The fourth-order valence-electron chi connectivity index (χ4n) is 3.35. The summed E-state index contributed by atoms with van der Waals surface area (Å²) in [5.74, 6) is 0.948. The lowest BCUT2D eigenvalue weighted by Gasteiger charge is -2.34. The molecule has 0 unspecified atom stereocenters. The number of sulfone groups is 1.